The Morgan fingerprint density at radius 3 is 2.47 bits per heavy atom. The zero-order valence-corrected chi connectivity index (χ0v) is 10.2. The molecule has 1 aromatic rings. The van der Waals surface area contributed by atoms with Gasteiger partial charge < -0.3 is 0 Å². The fourth-order valence-corrected chi connectivity index (χ4v) is 4.55. The van der Waals surface area contributed by atoms with Crippen molar-refractivity contribution in [3.63, 3.8) is 0 Å². The Hall–Kier alpha value is -0.690. The lowest BCUT2D eigenvalue weighted by molar-refractivity contribution is 0.949. The maximum Gasteiger partial charge on any atom is 0.133 e. The first-order chi connectivity index (χ1) is 7.40. The van der Waals surface area contributed by atoms with E-state index in [0.717, 1.165) is 0 Å². The van der Waals surface area contributed by atoms with E-state index in [-0.39, 0.29) is 0 Å². The summed E-state index contributed by atoms with van der Waals surface area (Å²) in [5.41, 5.74) is 2.96. The summed E-state index contributed by atoms with van der Waals surface area (Å²) in [5, 5.41) is 0. The van der Waals surface area contributed by atoms with Crippen LogP contribution in [0.4, 0.5) is 0 Å². The largest absolute Gasteiger partial charge is 0.133 e. The molecule has 0 saturated carbocycles. The van der Waals surface area contributed by atoms with Crippen LogP contribution in [0.3, 0.4) is 0 Å². The van der Waals surface area contributed by atoms with E-state index in [1.807, 2.05) is 0 Å². The first kappa shape index (κ1) is 10.8. The Kier molecular flexibility index (Phi) is 3.90. The van der Waals surface area contributed by atoms with Gasteiger partial charge in [0.05, 0.1) is 0 Å². The molecule has 0 aromatic heterocycles. The van der Waals surface area contributed by atoms with Crippen LogP contribution < -0.4 is 0 Å². The third kappa shape index (κ3) is 2.88. The van der Waals surface area contributed by atoms with Gasteiger partial charge in [0.1, 0.15) is 17.3 Å². The second-order valence-electron chi connectivity index (χ2n) is 4.05. The van der Waals surface area contributed by atoms with E-state index in [1.54, 1.807) is 5.57 Å². The van der Waals surface area contributed by atoms with Crippen LogP contribution in [0.5, 0.6) is 0 Å². The van der Waals surface area contributed by atoms with Crippen LogP contribution in [0, 0.1) is 0 Å². The van der Waals surface area contributed by atoms with Gasteiger partial charge in [-0.3, -0.25) is 0 Å². The molecular weight excluding hydrogens is 200 g/mol. The summed E-state index contributed by atoms with van der Waals surface area (Å²) >= 11 is 0. The molecule has 1 aliphatic heterocycles. The van der Waals surface area contributed by atoms with Gasteiger partial charge in [-0.15, -0.1) is 0 Å². The number of benzene rings is 1. The topological polar surface area (TPSA) is 0 Å². The molecule has 2 rings (SSSR count). The van der Waals surface area contributed by atoms with E-state index in [1.165, 1.54) is 35.7 Å². The lowest BCUT2D eigenvalue weighted by Crippen LogP contribution is -2.10. The lowest BCUT2D eigenvalue weighted by atomic mass is 10.1. The summed E-state index contributed by atoms with van der Waals surface area (Å²) in [7, 11) is 0.674. The molecule has 80 valence electrons. The van der Waals surface area contributed by atoms with Crippen molar-refractivity contribution in [1.82, 2.24) is 0 Å². The minimum atomic E-state index is 0.674. The Morgan fingerprint density at radius 2 is 1.87 bits per heavy atom. The highest BCUT2D eigenvalue weighted by molar-refractivity contribution is 7.97. The first-order valence-electron chi connectivity index (χ1n) is 5.75. The molecule has 1 fully saturated rings. The molecule has 0 unspecified atom stereocenters. The van der Waals surface area contributed by atoms with Crippen LogP contribution in [-0.2, 0) is 10.9 Å². The highest BCUT2D eigenvalue weighted by Crippen LogP contribution is 2.22. The van der Waals surface area contributed by atoms with Gasteiger partial charge in [-0.05, 0) is 36.2 Å². The number of rotatable bonds is 3. The Bertz CT molecular complexity index is 320. The van der Waals surface area contributed by atoms with Gasteiger partial charge in [0.25, 0.3) is 0 Å². The van der Waals surface area contributed by atoms with Crippen molar-refractivity contribution >= 4 is 16.5 Å². The quantitative estimate of drug-likeness (QED) is 0.683. The van der Waals surface area contributed by atoms with Crippen LogP contribution >= 0.6 is 0 Å². The predicted octanol–water partition coefficient (Wildman–Crippen LogP) is 3.50. The van der Waals surface area contributed by atoms with Crippen molar-refractivity contribution < 1.29 is 0 Å². The second kappa shape index (κ2) is 5.41. The van der Waals surface area contributed by atoms with Crippen molar-refractivity contribution in [1.29, 1.82) is 0 Å². The third-order valence-electron chi connectivity index (χ3n) is 2.97. The molecule has 15 heavy (non-hydrogen) atoms. The molecule has 0 atom stereocenters. The summed E-state index contributed by atoms with van der Waals surface area (Å²) in [6, 6.07) is 10.8. The molecule has 0 bridgehead atoms. The summed E-state index contributed by atoms with van der Waals surface area (Å²) in [5.74, 6) is 4.23. The van der Waals surface area contributed by atoms with Crippen molar-refractivity contribution in [2.75, 3.05) is 17.3 Å². The first-order valence-corrected chi connectivity index (χ1v) is 7.48. The zero-order valence-electron chi connectivity index (χ0n) is 9.41. The third-order valence-corrected chi connectivity index (χ3v) is 5.42. The van der Waals surface area contributed by atoms with Crippen LogP contribution in [0.1, 0.15) is 25.3 Å². The van der Waals surface area contributed by atoms with Crippen LogP contribution in [0.25, 0.3) is 5.57 Å². The van der Waals surface area contributed by atoms with E-state index >= 15 is 0 Å². The van der Waals surface area contributed by atoms with Crippen molar-refractivity contribution in [2.24, 2.45) is 0 Å². The maximum absolute atomic E-state index is 2.29. The predicted molar refractivity (Wildman–Crippen MR) is 71.3 cm³/mol. The normalized spacial score (nSPS) is 18.3. The molecule has 1 saturated heterocycles. The van der Waals surface area contributed by atoms with Crippen molar-refractivity contribution in [3.8, 4) is 0 Å². The average molecular weight is 219 g/mol. The van der Waals surface area contributed by atoms with E-state index < -0.39 is 0 Å². The van der Waals surface area contributed by atoms with Gasteiger partial charge in [0.15, 0.2) is 0 Å². The van der Waals surface area contributed by atoms with Crippen molar-refractivity contribution in [3.05, 3.63) is 42.0 Å². The van der Waals surface area contributed by atoms with E-state index in [9.17, 15) is 0 Å². The van der Waals surface area contributed by atoms with Crippen LogP contribution in [0.2, 0.25) is 0 Å². The van der Waals surface area contributed by atoms with E-state index in [0.29, 0.717) is 10.9 Å². The summed E-state index contributed by atoms with van der Waals surface area (Å²) in [6.45, 7) is 2.17. The van der Waals surface area contributed by atoms with Crippen LogP contribution in [-0.4, -0.2) is 17.3 Å². The standard InChI is InChI=1S/C14H19S/c1-2-13(12-15-10-6-7-11-15)14-8-4-3-5-9-14/h2-5,8-9H,6-7,10-12H2,1H3/q+1/b13-2+. The van der Waals surface area contributed by atoms with E-state index in [2.05, 4.69) is 43.3 Å². The number of allylic oxidation sites excluding steroid dienone is 1. The molecule has 1 heterocycles. The molecule has 0 spiro atoms. The zero-order chi connectivity index (χ0) is 10.5. The molecule has 0 radical (unpaired) electrons. The van der Waals surface area contributed by atoms with Gasteiger partial charge >= 0.3 is 0 Å². The van der Waals surface area contributed by atoms with Gasteiger partial charge in [-0.1, -0.05) is 36.4 Å². The highest BCUT2D eigenvalue weighted by Gasteiger charge is 2.25. The lowest BCUT2D eigenvalue weighted by Gasteiger charge is -2.06. The minimum Gasteiger partial charge on any atom is -0.0791 e. The molecule has 0 aliphatic carbocycles. The highest BCUT2D eigenvalue weighted by atomic mass is 32.2. The molecule has 0 nitrogen and oxygen atoms in total. The molecule has 0 amide bonds. The van der Waals surface area contributed by atoms with Crippen molar-refractivity contribution in [2.45, 2.75) is 19.8 Å². The van der Waals surface area contributed by atoms with Gasteiger partial charge in [0.2, 0.25) is 0 Å². The minimum absolute atomic E-state index is 0.674. The Morgan fingerprint density at radius 1 is 1.20 bits per heavy atom. The SMILES string of the molecule is C/C=C(\C[S+]1CCCC1)c1ccccc1. The summed E-state index contributed by atoms with van der Waals surface area (Å²) < 4.78 is 0. The number of hydrogen-bond donors (Lipinski definition) is 0. The van der Waals surface area contributed by atoms with Gasteiger partial charge in [-0.25, -0.2) is 0 Å². The average Bonchev–Trinajstić information content (AvgIpc) is 2.80. The smallest absolute Gasteiger partial charge is 0.0791 e. The summed E-state index contributed by atoms with van der Waals surface area (Å²) in [6.07, 6.45) is 5.20. The van der Waals surface area contributed by atoms with E-state index in [4.69, 9.17) is 0 Å². The maximum atomic E-state index is 2.29. The monoisotopic (exact) mass is 219 g/mol. The fourth-order valence-electron chi connectivity index (χ4n) is 2.06. The van der Waals surface area contributed by atoms with Gasteiger partial charge in [-0.2, -0.15) is 0 Å². The fraction of sp³-hybridized carbons (Fsp3) is 0.429. The second-order valence-corrected chi connectivity index (χ2v) is 6.38. The molecule has 0 N–H and O–H groups in total. The molecular formula is C14H19S+. The summed E-state index contributed by atoms with van der Waals surface area (Å²) in [4.78, 5) is 0. The van der Waals surface area contributed by atoms with Crippen LogP contribution in [0.15, 0.2) is 36.4 Å². The molecule has 1 heteroatoms. The number of hydrogen-bond acceptors (Lipinski definition) is 0. The Labute approximate surface area is 95.7 Å². The van der Waals surface area contributed by atoms with Gasteiger partial charge in [0, 0.05) is 5.57 Å². The molecule has 1 aliphatic rings. The Balaban J connectivity index is 2.05. The molecule has 1 aromatic carbocycles.